The number of hydrogen-bond acceptors (Lipinski definition) is 3. The molecule has 0 spiro atoms. The van der Waals surface area contributed by atoms with Crippen LogP contribution in [0.1, 0.15) is 19.3 Å². The molecular formula is C8H13N3O3. The van der Waals surface area contributed by atoms with Gasteiger partial charge in [-0.15, -0.1) is 0 Å². The van der Waals surface area contributed by atoms with E-state index in [1.54, 1.807) is 0 Å². The van der Waals surface area contributed by atoms with Crippen molar-refractivity contribution in [2.45, 2.75) is 25.3 Å². The second-order valence-corrected chi connectivity index (χ2v) is 3.17. The fraction of sp³-hybridized carbons (Fsp3) is 0.625. The van der Waals surface area contributed by atoms with Gasteiger partial charge in [0.15, 0.2) is 0 Å². The van der Waals surface area contributed by atoms with Crippen LogP contribution in [-0.2, 0) is 14.4 Å². The Morgan fingerprint density at radius 3 is 2.79 bits per heavy atom. The van der Waals surface area contributed by atoms with Gasteiger partial charge in [0.05, 0.1) is 0 Å². The second-order valence-electron chi connectivity index (χ2n) is 3.17. The topological polar surface area (TPSA) is 101 Å². The SMILES string of the molecule is NC(=O)CCNC(=O)[C@@H]1CCC(=O)N1. The van der Waals surface area contributed by atoms with E-state index in [1.165, 1.54) is 0 Å². The minimum Gasteiger partial charge on any atom is -0.370 e. The van der Waals surface area contributed by atoms with Crippen molar-refractivity contribution in [3.8, 4) is 0 Å². The van der Waals surface area contributed by atoms with Gasteiger partial charge >= 0.3 is 0 Å². The van der Waals surface area contributed by atoms with Gasteiger partial charge in [-0.2, -0.15) is 0 Å². The number of primary amides is 1. The van der Waals surface area contributed by atoms with Crippen molar-refractivity contribution in [2.24, 2.45) is 5.73 Å². The molecule has 0 bridgehead atoms. The molecule has 1 saturated heterocycles. The number of carbonyl (C=O) groups excluding carboxylic acids is 3. The predicted molar refractivity (Wildman–Crippen MR) is 48.0 cm³/mol. The van der Waals surface area contributed by atoms with E-state index in [2.05, 4.69) is 10.6 Å². The lowest BCUT2D eigenvalue weighted by Gasteiger charge is -2.09. The van der Waals surface area contributed by atoms with Gasteiger partial charge in [0, 0.05) is 19.4 Å². The van der Waals surface area contributed by atoms with Gasteiger partial charge in [-0.05, 0) is 6.42 Å². The Labute approximate surface area is 81.2 Å². The molecule has 1 aliphatic heterocycles. The van der Waals surface area contributed by atoms with Crippen LogP contribution in [0.15, 0.2) is 0 Å². The van der Waals surface area contributed by atoms with Gasteiger partial charge in [0.2, 0.25) is 17.7 Å². The fourth-order valence-corrected chi connectivity index (χ4v) is 1.24. The normalized spacial score (nSPS) is 20.3. The lowest BCUT2D eigenvalue weighted by molar-refractivity contribution is -0.126. The number of hydrogen-bond donors (Lipinski definition) is 3. The molecule has 0 radical (unpaired) electrons. The zero-order chi connectivity index (χ0) is 10.6. The summed E-state index contributed by atoms with van der Waals surface area (Å²) in [5, 5.41) is 5.05. The summed E-state index contributed by atoms with van der Waals surface area (Å²) in [5.74, 6) is -0.821. The highest BCUT2D eigenvalue weighted by atomic mass is 16.2. The molecular weight excluding hydrogens is 186 g/mol. The summed E-state index contributed by atoms with van der Waals surface area (Å²) in [4.78, 5) is 32.4. The van der Waals surface area contributed by atoms with Crippen molar-refractivity contribution in [3.05, 3.63) is 0 Å². The standard InChI is InChI=1S/C8H13N3O3/c9-6(12)3-4-10-8(14)5-1-2-7(13)11-5/h5H,1-4H2,(H2,9,12)(H,10,14)(H,11,13)/t5-/m0/s1. The zero-order valence-electron chi connectivity index (χ0n) is 7.71. The number of nitrogens with two attached hydrogens (primary N) is 1. The molecule has 1 aliphatic rings. The molecule has 3 amide bonds. The van der Waals surface area contributed by atoms with E-state index >= 15 is 0 Å². The Kier molecular flexibility index (Phi) is 3.44. The molecule has 0 saturated carbocycles. The smallest absolute Gasteiger partial charge is 0.242 e. The van der Waals surface area contributed by atoms with E-state index in [-0.39, 0.29) is 24.8 Å². The summed E-state index contributed by atoms with van der Waals surface area (Å²) < 4.78 is 0. The third-order valence-electron chi connectivity index (χ3n) is 1.98. The van der Waals surface area contributed by atoms with E-state index in [1.807, 2.05) is 0 Å². The summed E-state index contributed by atoms with van der Waals surface area (Å²) in [6, 6.07) is -0.449. The van der Waals surface area contributed by atoms with Crippen LogP contribution in [0.4, 0.5) is 0 Å². The van der Waals surface area contributed by atoms with E-state index in [0.29, 0.717) is 12.8 Å². The number of carbonyl (C=O) groups is 3. The van der Waals surface area contributed by atoms with Crippen LogP contribution in [0.3, 0.4) is 0 Å². The molecule has 6 heteroatoms. The molecule has 1 rings (SSSR count). The number of nitrogens with one attached hydrogen (secondary N) is 2. The maximum absolute atomic E-state index is 11.3. The Morgan fingerprint density at radius 1 is 1.57 bits per heavy atom. The Bertz CT molecular complexity index is 265. The summed E-state index contributed by atoms with van der Waals surface area (Å²) in [6.45, 7) is 0.223. The quantitative estimate of drug-likeness (QED) is 0.500. The summed E-state index contributed by atoms with van der Waals surface area (Å²) >= 11 is 0. The average Bonchev–Trinajstić information content (AvgIpc) is 2.51. The maximum Gasteiger partial charge on any atom is 0.242 e. The molecule has 1 heterocycles. The van der Waals surface area contributed by atoms with Gasteiger partial charge in [0.1, 0.15) is 6.04 Å². The highest BCUT2D eigenvalue weighted by Crippen LogP contribution is 2.05. The zero-order valence-corrected chi connectivity index (χ0v) is 7.71. The Hall–Kier alpha value is -1.59. The van der Waals surface area contributed by atoms with Gasteiger partial charge in [0.25, 0.3) is 0 Å². The molecule has 4 N–H and O–H groups in total. The first-order valence-corrected chi connectivity index (χ1v) is 4.45. The van der Waals surface area contributed by atoms with E-state index in [0.717, 1.165) is 0 Å². The molecule has 1 atom stereocenters. The number of rotatable bonds is 4. The van der Waals surface area contributed by atoms with Crippen LogP contribution in [0.5, 0.6) is 0 Å². The molecule has 14 heavy (non-hydrogen) atoms. The molecule has 78 valence electrons. The molecule has 1 fully saturated rings. The van der Waals surface area contributed by atoms with Crippen molar-refractivity contribution in [3.63, 3.8) is 0 Å². The lowest BCUT2D eigenvalue weighted by atomic mass is 10.2. The van der Waals surface area contributed by atoms with E-state index in [4.69, 9.17) is 5.73 Å². The van der Waals surface area contributed by atoms with Crippen LogP contribution in [0.25, 0.3) is 0 Å². The first kappa shape index (κ1) is 10.5. The van der Waals surface area contributed by atoms with Crippen LogP contribution < -0.4 is 16.4 Å². The summed E-state index contributed by atoms with van der Waals surface area (Å²) in [5.41, 5.74) is 4.89. The van der Waals surface area contributed by atoms with Crippen LogP contribution in [0, 0.1) is 0 Å². The van der Waals surface area contributed by atoms with E-state index in [9.17, 15) is 14.4 Å². The van der Waals surface area contributed by atoms with E-state index < -0.39 is 11.9 Å². The van der Waals surface area contributed by atoms with Gasteiger partial charge in [-0.3, -0.25) is 14.4 Å². The molecule has 0 aromatic carbocycles. The monoisotopic (exact) mass is 199 g/mol. The molecule has 6 nitrogen and oxygen atoms in total. The van der Waals surface area contributed by atoms with Crippen LogP contribution in [-0.4, -0.2) is 30.3 Å². The first-order chi connectivity index (χ1) is 6.59. The molecule has 0 aromatic heterocycles. The van der Waals surface area contributed by atoms with Crippen molar-refractivity contribution >= 4 is 17.7 Å². The highest BCUT2D eigenvalue weighted by molar-refractivity contribution is 5.90. The maximum atomic E-state index is 11.3. The molecule has 0 aliphatic carbocycles. The minimum atomic E-state index is -0.458. The summed E-state index contributed by atoms with van der Waals surface area (Å²) in [7, 11) is 0. The first-order valence-electron chi connectivity index (χ1n) is 4.45. The second kappa shape index (κ2) is 4.59. The minimum absolute atomic E-state index is 0.111. The third kappa shape index (κ3) is 3.04. The number of amides is 3. The Balaban J connectivity index is 2.22. The largest absolute Gasteiger partial charge is 0.370 e. The van der Waals surface area contributed by atoms with Gasteiger partial charge in [-0.1, -0.05) is 0 Å². The molecule has 0 unspecified atom stereocenters. The van der Waals surface area contributed by atoms with Crippen molar-refractivity contribution < 1.29 is 14.4 Å². The Morgan fingerprint density at radius 2 is 2.29 bits per heavy atom. The predicted octanol–water partition coefficient (Wildman–Crippen LogP) is -1.74. The van der Waals surface area contributed by atoms with Gasteiger partial charge in [-0.25, -0.2) is 0 Å². The van der Waals surface area contributed by atoms with Crippen molar-refractivity contribution in [2.75, 3.05) is 6.54 Å². The molecule has 0 aromatic rings. The van der Waals surface area contributed by atoms with Crippen LogP contribution in [0.2, 0.25) is 0 Å². The summed E-state index contributed by atoms with van der Waals surface area (Å²) in [6.07, 6.45) is 1.02. The lowest BCUT2D eigenvalue weighted by Crippen LogP contribution is -2.42. The fourth-order valence-electron chi connectivity index (χ4n) is 1.24. The van der Waals surface area contributed by atoms with Crippen molar-refractivity contribution in [1.29, 1.82) is 0 Å². The van der Waals surface area contributed by atoms with Gasteiger partial charge < -0.3 is 16.4 Å². The van der Waals surface area contributed by atoms with Crippen LogP contribution >= 0.6 is 0 Å². The third-order valence-corrected chi connectivity index (χ3v) is 1.98. The average molecular weight is 199 g/mol. The highest BCUT2D eigenvalue weighted by Gasteiger charge is 2.26. The van der Waals surface area contributed by atoms with Crippen molar-refractivity contribution in [1.82, 2.24) is 10.6 Å².